The van der Waals surface area contributed by atoms with E-state index >= 15 is 0 Å². The lowest BCUT2D eigenvalue weighted by molar-refractivity contribution is -0.134. The largest absolute Gasteiger partial charge is 0.334 e. The summed E-state index contributed by atoms with van der Waals surface area (Å²) < 4.78 is 13.2. The van der Waals surface area contributed by atoms with Gasteiger partial charge in [-0.25, -0.2) is 4.39 Å². The van der Waals surface area contributed by atoms with E-state index in [4.69, 9.17) is 0 Å². The minimum Gasteiger partial charge on any atom is -0.334 e. The number of nitrogens with zero attached hydrogens (tertiary/aromatic N) is 3. The Morgan fingerprint density at radius 1 is 1.12 bits per heavy atom. The average Bonchev–Trinajstić information content (AvgIpc) is 2.78. The molecule has 0 aromatic heterocycles. The SMILES string of the molecule is CC(C)[C@H]1CN(C2CCN(C)CC2)CCC(=O)N1Cc1ccc(F)cc1. The van der Waals surface area contributed by atoms with Crippen molar-refractivity contribution in [2.24, 2.45) is 5.92 Å². The molecule has 3 rings (SSSR count). The molecule has 0 spiro atoms. The van der Waals surface area contributed by atoms with Crippen molar-refractivity contribution in [3.8, 4) is 0 Å². The number of carbonyl (C=O) groups excluding carboxylic acids is 1. The van der Waals surface area contributed by atoms with Gasteiger partial charge in [-0.05, 0) is 56.6 Å². The molecule has 0 aliphatic carbocycles. The fourth-order valence-electron chi connectivity index (χ4n) is 4.25. The van der Waals surface area contributed by atoms with E-state index in [9.17, 15) is 9.18 Å². The van der Waals surface area contributed by atoms with Gasteiger partial charge in [0, 0.05) is 38.1 Å². The Hall–Kier alpha value is -1.46. The van der Waals surface area contributed by atoms with Gasteiger partial charge >= 0.3 is 0 Å². The van der Waals surface area contributed by atoms with Crippen LogP contribution in [0.4, 0.5) is 4.39 Å². The zero-order valence-electron chi connectivity index (χ0n) is 16.3. The van der Waals surface area contributed by atoms with Crippen LogP contribution in [0.5, 0.6) is 0 Å². The van der Waals surface area contributed by atoms with Gasteiger partial charge in [-0.2, -0.15) is 0 Å². The van der Waals surface area contributed by atoms with Crippen LogP contribution in [0.3, 0.4) is 0 Å². The molecular formula is C21H32FN3O. The first-order valence-electron chi connectivity index (χ1n) is 9.90. The zero-order chi connectivity index (χ0) is 18.7. The number of amides is 1. The van der Waals surface area contributed by atoms with Crippen LogP contribution < -0.4 is 0 Å². The molecule has 1 amide bonds. The smallest absolute Gasteiger partial charge is 0.224 e. The van der Waals surface area contributed by atoms with Crippen molar-refractivity contribution < 1.29 is 9.18 Å². The van der Waals surface area contributed by atoms with Gasteiger partial charge < -0.3 is 9.80 Å². The summed E-state index contributed by atoms with van der Waals surface area (Å²) in [5, 5.41) is 0. The van der Waals surface area contributed by atoms with Crippen molar-refractivity contribution in [1.82, 2.24) is 14.7 Å². The number of halogens is 1. The van der Waals surface area contributed by atoms with E-state index in [2.05, 4.69) is 30.7 Å². The lowest BCUT2D eigenvalue weighted by Gasteiger charge is -2.40. The van der Waals surface area contributed by atoms with E-state index in [-0.39, 0.29) is 17.8 Å². The Bertz CT molecular complexity index is 596. The third-order valence-corrected chi connectivity index (χ3v) is 6.00. The highest BCUT2D eigenvalue weighted by molar-refractivity contribution is 5.77. The standard InChI is InChI=1S/C21H32FN3O/c1-16(2)20-15-24(19-8-11-23(3)12-9-19)13-10-21(26)25(20)14-17-4-6-18(22)7-5-17/h4-7,16,19-20H,8-15H2,1-3H3/t20-/m1/s1. The highest BCUT2D eigenvalue weighted by Gasteiger charge is 2.34. The van der Waals surface area contributed by atoms with Gasteiger partial charge in [0.15, 0.2) is 0 Å². The fraction of sp³-hybridized carbons (Fsp3) is 0.667. The van der Waals surface area contributed by atoms with Gasteiger partial charge in [-0.3, -0.25) is 9.69 Å². The third-order valence-electron chi connectivity index (χ3n) is 6.00. The molecule has 2 aliphatic rings. The van der Waals surface area contributed by atoms with E-state index < -0.39 is 0 Å². The molecule has 4 nitrogen and oxygen atoms in total. The Kier molecular flexibility index (Phi) is 6.30. The second-order valence-corrected chi connectivity index (χ2v) is 8.24. The molecule has 2 saturated heterocycles. The molecule has 26 heavy (non-hydrogen) atoms. The minimum absolute atomic E-state index is 0.203. The van der Waals surface area contributed by atoms with E-state index in [0.29, 0.717) is 24.9 Å². The summed E-state index contributed by atoms with van der Waals surface area (Å²) in [6, 6.07) is 7.33. The third kappa shape index (κ3) is 4.63. The van der Waals surface area contributed by atoms with Gasteiger partial charge in [0.1, 0.15) is 5.82 Å². The Balaban J connectivity index is 1.74. The van der Waals surface area contributed by atoms with Crippen LogP contribution in [0.25, 0.3) is 0 Å². The summed E-state index contributed by atoms with van der Waals surface area (Å²) in [6.45, 7) is 9.06. The molecule has 1 aromatic rings. The van der Waals surface area contributed by atoms with Crippen LogP contribution in [-0.2, 0) is 11.3 Å². The summed E-state index contributed by atoms with van der Waals surface area (Å²) in [5.74, 6) is 0.388. The van der Waals surface area contributed by atoms with Crippen molar-refractivity contribution in [2.75, 3.05) is 33.2 Å². The van der Waals surface area contributed by atoms with Crippen LogP contribution in [0.2, 0.25) is 0 Å². The molecule has 2 fully saturated rings. The number of likely N-dealkylation sites (tertiary alicyclic amines) is 1. The normalized spacial score (nSPS) is 24.3. The summed E-state index contributed by atoms with van der Waals surface area (Å²) in [4.78, 5) is 19.9. The Morgan fingerprint density at radius 3 is 2.38 bits per heavy atom. The van der Waals surface area contributed by atoms with Crippen LogP contribution in [0, 0.1) is 11.7 Å². The van der Waals surface area contributed by atoms with Crippen molar-refractivity contribution in [1.29, 1.82) is 0 Å². The molecule has 1 aromatic carbocycles. The lowest BCUT2D eigenvalue weighted by Crippen LogP contribution is -2.50. The quantitative estimate of drug-likeness (QED) is 0.825. The molecule has 5 heteroatoms. The van der Waals surface area contributed by atoms with Crippen LogP contribution in [0.1, 0.15) is 38.7 Å². The fourth-order valence-corrected chi connectivity index (χ4v) is 4.25. The highest BCUT2D eigenvalue weighted by Crippen LogP contribution is 2.25. The predicted molar refractivity (Wildman–Crippen MR) is 102 cm³/mol. The van der Waals surface area contributed by atoms with Gasteiger partial charge in [0.2, 0.25) is 5.91 Å². The monoisotopic (exact) mass is 361 g/mol. The summed E-state index contributed by atoms with van der Waals surface area (Å²) in [6.07, 6.45) is 2.96. The van der Waals surface area contributed by atoms with Crippen molar-refractivity contribution in [3.05, 3.63) is 35.6 Å². The maximum Gasteiger partial charge on any atom is 0.224 e. The summed E-state index contributed by atoms with van der Waals surface area (Å²) in [7, 11) is 2.18. The first kappa shape index (κ1) is 19.3. The molecule has 0 bridgehead atoms. The molecule has 0 N–H and O–H groups in total. The van der Waals surface area contributed by atoms with E-state index in [1.807, 2.05) is 4.90 Å². The average molecular weight is 362 g/mol. The predicted octanol–water partition coefficient (Wildman–Crippen LogP) is 2.98. The van der Waals surface area contributed by atoms with Gasteiger partial charge in [-0.15, -0.1) is 0 Å². The number of piperidine rings is 1. The maximum absolute atomic E-state index is 13.2. The van der Waals surface area contributed by atoms with Crippen LogP contribution in [0.15, 0.2) is 24.3 Å². The zero-order valence-corrected chi connectivity index (χ0v) is 16.3. The van der Waals surface area contributed by atoms with E-state index in [1.54, 1.807) is 12.1 Å². The van der Waals surface area contributed by atoms with Crippen molar-refractivity contribution in [3.63, 3.8) is 0 Å². The summed E-state index contributed by atoms with van der Waals surface area (Å²) >= 11 is 0. The highest BCUT2D eigenvalue weighted by atomic mass is 19.1. The number of benzene rings is 1. The molecule has 1 atom stereocenters. The van der Waals surface area contributed by atoms with Crippen molar-refractivity contribution >= 4 is 5.91 Å². The molecule has 0 unspecified atom stereocenters. The number of rotatable bonds is 4. The second-order valence-electron chi connectivity index (χ2n) is 8.24. The second kappa shape index (κ2) is 8.49. The topological polar surface area (TPSA) is 26.8 Å². The Morgan fingerprint density at radius 2 is 1.77 bits per heavy atom. The lowest BCUT2D eigenvalue weighted by atomic mass is 9.98. The van der Waals surface area contributed by atoms with E-state index in [1.165, 1.54) is 25.0 Å². The van der Waals surface area contributed by atoms with Crippen LogP contribution >= 0.6 is 0 Å². The molecule has 2 heterocycles. The first-order valence-corrected chi connectivity index (χ1v) is 9.90. The van der Waals surface area contributed by atoms with Crippen molar-refractivity contribution in [2.45, 2.75) is 51.7 Å². The molecule has 0 radical (unpaired) electrons. The molecular weight excluding hydrogens is 329 g/mol. The first-order chi connectivity index (χ1) is 12.4. The number of hydrogen-bond acceptors (Lipinski definition) is 3. The molecule has 144 valence electrons. The summed E-state index contributed by atoms with van der Waals surface area (Å²) in [5.41, 5.74) is 0.998. The number of hydrogen-bond donors (Lipinski definition) is 0. The molecule has 0 saturated carbocycles. The van der Waals surface area contributed by atoms with E-state index in [0.717, 1.165) is 31.7 Å². The molecule has 2 aliphatic heterocycles. The van der Waals surface area contributed by atoms with Gasteiger partial charge in [0.05, 0.1) is 0 Å². The maximum atomic E-state index is 13.2. The minimum atomic E-state index is -0.232. The number of carbonyl (C=O) groups is 1. The Labute approximate surface area is 157 Å². The van der Waals surface area contributed by atoms with Crippen LogP contribution in [-0.4, -0.2) is 65.9 Å². The van der Waals surface area contributed by atoms with Gasteiger partial charge in [0.25, 0.3) is 0 Å². The van der Waals surface area contributed by atoms with Gasteiger partial charge in [-0.1, -0.05) is 26.0 Å².